The molecule has 0 radical (unpaired) electrons. The quantitative estimate of drug-likeness (QED) is 0.840. The monoisotopic (exact) mass is 274 g/mol. The van der Waals surface area contributed by atoms with Gasteiger partial charge in [0.15, 0.2) is 0 Å². The maximum atomic E-state index is 12.2. The molecule has 0 aromatic heterocycles. The third kappa shape index (κ3) is 3.00. The molecule has 0 spiro atoms. The molecule has 1 unspecified atom stereocenters. The van der Waals surface area contributed by atoms with Crippen LogP contribution >= 0.6 is 0 Å². The van der Waals surface area contributed by atoms with Crippen LogP contribution in [0.15, 0.2) is 24.3 Å². The highest BCUT2D eigenvalue weighted by Gasteiger charge is 2.39. The Kier molecular flexibility index (Phi) is 4.42. The summed E-state index contributed by atoms with van der Waals surface area (Å²) < 4.78 is 0. The molecule has 1 saturated heterocycles. The van der Waals surface area contributed by atoms with Gasteiger partial charge in [0.25, 0.3) is 5.91 Å². The van der Waals surface area contributed by atoms with Gasteiger partial charge in [-0.2, -0.15) is 0 Å². The van der Waals surface area contributed by atoms with Gasteiger partial charge in [0.05, 0.1) is 6.42 Å². The predicted molar refractivity (Wildman–Crippen MR) is 79.5 cm³/mol. The lowest BCUT2D eigenvalue weighted by atomic mass is 10.1. The summed E-state index contributed by atoms with van der Waals surface area (Å²) in [5.74, 6) is -0.215. The average Bonchev–Trinajstić information content (AvgIpc) is 2.67. The highest BCUT2D eigenvalue weighted by atomic mass is 16.2. The zero-order valence-corrected chi connectivity index (χ0v) is 12.3. The van der Waals surface area contributed by atoms with Crippen molar-refractivity contribution in [1.82, 2.24) is 4.90 Å². The fraction of sp³-hybridized carbons (Fsp3) is 0.500. The molecule has 1 aliphatic heterocycles. The highest BCUT2D eigenvalue weighted by molar-refractivity contribution is 6.07. The fourth-order valence-corrected chi connectivity index (χ4v) is 2.56. The van der Waals surface area contributed by atoms with Gasteiger partial charge in [0, 0.05) is 11.7 Å². The van der Waals surface area contributed by atoms with E-state index in [9.17, 15) is 9.59 Å². The Bertz CT molecular complexity index is 494. The lowest BCUT2D eigenvalue weighted by molar-refractivity contribution is -0.140. The predicted octanol–water partition coefficient (Wildman–Crippen LogP) is 2.59. The minimum absolute atomic E-state index is 0.0752. The van der Waals surface area contributed by atoms with Crippen LogP contribution in [0, 0.1) is 0 Å². The van der Waals surface area contributed by atoms with E-state index in [0.29, 0.717) is 0 Å². The summed E-state index contributed by atoms with van der Waals surface area (Å²) in [4.78, 5) is 25.4. The second kappa shape index (κ2) is 6.07. The number of aryl methyl sites for hydroxylation is 1. The van der Waals surface area contributed by atoms with Crippen molar-refractivity contribution in [2.45, 2.75) is 52.1 Å². The van der Waals surface area contributed by atoms with Gasteiger partial charge < -0.3 is 5.32 Å². The molecular weight excluding hydrogens is 252 g/mol. The number of amides is 2. The van der Waals surface area contributed by atoms with Crippen LogP contribution in [0.1, 0.15) is 39.2 Å². The Labute approximate surface area is 120 Å². The van der Waals surface area contributed by atoms with Gasteiger partial charge in [-0.05, 0) is 38.0 Å². The second-order valence-corrected chi connectivity index (χ2v) is 5.54. The maximum Gasteiger partial charge on any atom is 0.252 e. The Morgan fingerprint density at radius 3 is 2.40 bits per heavy atom. The topological polar surface area (TPSA) is 49.4 Å². The van der Waals surface area contributed by atoms with E-state index in [-0.39, 0.29) is 24.3 Å². The van der Waals surface area contributed by atoms with E-state index in [1.807, 2.05) is 26.0 Å². The number of carbonyl (C=O) groups excluding carboxylic acids is 2. The smallest absolute Gasteiger partial charge is 0.252 e. The Hall–Kier alpha value is -1.84. The Morgan fingerprint density at radius 2 is 1.90 bits per heavy atom. The zero-order valence-electron chi connectivity index (χ0n) is 12.3. The second-order valence-electron chi connectivity index (χ2n) is 5.54. The highest BCUT2D eigenvalue weighted by Crippen LogP contribution is 2.20. The van der Waals surface area contributed by atoms with Gasteiger partial charge >= 0.3 is 0 Å². The molecule has 1 fully saturated rings. The normalized spacial score (nSPS) is 19.0. The number of hydrogen-bond acceptors (Lipinski definition) is 3. The molecule has 1 atom stereocenters. The molecule has 20 heavy (non-hydrogen) atoms. The van der Waals surface area contributed by atoms with Crippen LogP contribution < -0.4 is 5.32 Å². The number of imide groups is 1. The first kappa shape index (κ1) is 14.6. The lowest BCUT2D eigenvalue weighted by Gasteiger charge is -2.19. The molecule has 1 heterocycles. The molecule has 2 amide bonds. The van der Waals surface area contributed by atoms with Crippen LogP contribution in [0.5, 0.6) is 0 Å². The first-order chi connectivity index (χ1) is 9.52. The molecule has 0 aliphatic carbocycles. The number of rotatable bonds is 5. The van der Waals surface area contributed by atoms with Gasteiger partial charge in [-0.25, -0.2) is 0 Å². The first-order valence-electron chi connectivity index (χ1n) is 7.24. The summed E-state index contributed by atoms with van der Waals surface area (Å²) in [6.07, 6.45) is 2.42. The number of nitrogens with zero attached hydrogens (tertiary/aromatic N) is 1. The van der Waals surface area contributed by atoms with E-state index >= 15 is 0 Å². The van der Waals surface area contributed by atoms with E-state index in [0.717, 1.165) is 18.5 Å². The molecular formula is C16H22N2O2. The molecule has 1 N–H and O–H groups in total. The van der Waals surface area contributed by atoms with Gasteiger partial charge in [-0.3, -0.25) is 14.5 Å². The van der Waals surface area contributed by atoms with Crippen molar-refractivity contribution in [2.75, 3.05) is 5.32 Å². The average molecular weight is 274 g/mol. The van der Waals surface area contributed by atoms with Gasteiger partial charge in [0.2, 0.25) is 5.91 Å². The molecule has 1 aromatic rings. The van der Waals surface area contributed by atoms with E-state index in [4.69, 9.17) is 0 Å². The maximum absolute atomic E-state index is 12.2. The van der Waals surface area contributed by atoms with E-state index in [1.165, 1.54) is 10.5 Å². The van der Waals surface area contributed by atoms with Crippen LogP contribution in [-0.2, 0) is 16.0 Å². The van der Waals surface area contributed by atoms with Crippen molar-refractivity contribution < 1.29 is 9.59 Å². The minimum atomic E-state index is -0.429. The van der Waals surface area contributed by atoms with Crippen LogP contribution in [0.2, 0.25) is 0 Å². The van der Waals surface area contributed by atoms with Gasteiger partial charge in [-0.15, -0.1) is 0 Å². The van der Waals surface area contributed by atoms with Crippen molar-refractivity contribution in [3.63, 3.8) is 0 Å². The third-order valence-corrected chi connectivity index (χ3v) is 3.53. The van der Waals surface area contributed by atoms with Crippen LogP contribution in [0.25, 0.3) is 0 Å². The minimum Gasteiger partial charge on any atom is -0.373 e. The van der Waals surface area contributed by atoms with Crippen LogP contribution in [0.4, 0.5) is 5.69 Å². The first-order valence-corrected chi connectivity index (χ1v) is 7.24. The van der Waals surface area contributed by atoms with Gasteiger partial charge in [0.1, 0.15) is 6.04 Å². The summed E-state index contributed by atoms with van der Waals surface area (Å²) in [7, 11) is 0. The number of benzene rings is 1. The molecule has 4 heteroatoms. The molecule has 108 valence electrons. The molecule has 1 aliphatic rings. The number of nitrogens with one attached hydrogen (secondary N) is 1. The molecule has 0 saturated carbocycles. The standard InChI is InChI=1S/C16H22N2O2/c1-4-5-12-6-8-13(9-7-12)17-14-10-15(19)18(11(2)3)16(14)20/h6-9,11,14,17H,4-5,10H2,1-3H3. The Morgan fingerprint density at radius 1 is 1.25 bits per heavy atom. The SMILES string of the molecule is CCCc1ccc(NC2CC(=O)N(C(C)C)C2=O)cc1. The molecule has 2 rings (SSSR count). The summed E-state index contributed by atoms with van der Waals surface area (Å²) in [6, 6.07) is 7.57. The zero-order chi connectivity index (χ0) is 14.7. The lowest BCUT2D eigenvalue weighted by Crippen LogP contribution is -2.39. The van der Waals surface area contributed by atoms with Crippen LogP contribution in [0.3, 0.4) is 0 Å². The summed E-state index contributed by atoms with van der Waals surface area (Å²) in [5.41, 5.74) is 2.18. The summed E-state index contributed by atoms with van der Waals surface area (Å²) in [6.45, 7) is 5.87. The summed E-state index contributed by atoms with van der Waals surface area (Å²) >= 11 is 0. The van der Waals surface area contributed by atoms with Gasteiger partial charge in [-0.1, -0.05) is 25.5 Å². The van der Waals surface area contributed by atoms with Crippen molar-refractivity contribution in [3.8, 4) is 0 Å². The molecule has 0 bridgehead atoms. The van der Waals surface area contributed by atoms with Crippen molar-refractivity contribution in [2.24, 2.45) is 0 Å². The van der Waals surface area contributed by atoms with Crippen molar-refractivity contribution >= 4 is 17.5 Å². The fourth-order valence-electron chi connectivity index (χ4n) is 2.56. The van der Waals surface area contributed by atoms with E-state index in [1.54, 1.807) is 0 Å². The van der Waals surface area contributed by atoms with Crippen molar-refractivity contribution in [3.05, 3.63) is 29.8 Å². The molecule has 1 aromatic carbocycles. The Balaban J connectivity index is 2.03. The van der Waals surface area contributed by atoms with Crippen LogP contribution in [-0.4, -0.2) is 28.8 Å². The third-order valence-electron chi connectivity index (χ3n) is 3.53. The van der Waals surface area contributed by atoms with Crippen molar-refractivity contribution in [1.29, 1.82) is 0 Å². The molecule has 4 nitrogen and oxygen atoms in total. The van der Waals surface area contributed by atoms with E-state index in [2.05, 4.69) is 24.4 Å². The number of carbonyl (C=O) groups is 2. The number of anilines is 1. The number of hydrogen-bond donors (Lipinski definition) is 1. The number of likely N-dealkylation sites (tertiary alicyclic amines) is 1. The summed E-state index contributed by atoms with van der Waals surface area (Å²) in [5, 5.41) is 3.16. The van der Waals surface area contributed by atoms with E-state index < -0.39 is 6.04 Å². The largest absolute Gasteiger partial charge is 0.373 e.